The zero-order valence-corrected chi connectivity index (χ0v) is 10.6. The predicted molar refractivity (Wildman–Crippen MR) is 66.7 cm³/mol. The first-order valence-electron chi connectivity index (χ1n) is 6.05. The summed E-state index contributed by atoms with van der Waals surface area (Å²) in [6.45, 7) is 0. The van der Waals surface area contributed by atoms with Gasteiger partial charge >= 0.3 is 0 Å². The molecule has 1 saturated carbocycles. The van der Waals surface area contributed by atoms with Gasteiger partial charge in [0.2, 0.25) is 0 Å². The van der Waals surface area contributed by atoms with Gasteiger partial charge in [0, 0.05) is 12.0 Å². The average Bonchev–Trinajstić information content (AvgIpc) is 2.73. The summed E-state index contributed by atoms with van der Waals surface area (Å²) in [6.07, 6.45) is 6.35. The zero-order valence-electron chi connectivity index (χ0n) is 9.82. The van der Waals surface area contributed by atoms with Crippen molar-refractivity contribution in [2.75, 3.05) is 7.11 Å². The normalized spacial score (nSPS) is 22.6. The van der Waals surface area contributed by atoms with Crippen molar-refractivity contribution >= 4 is 11.3 Å². The lowest BCUT2D eigenvalue weighted by atomic mass is 9.87. The number of aliphatic hydroxyl groups is 1. The van der Waals surface area contributed by atoms with E-state index in [1.165, 1.54) is 12.8 Å². The number of hydrogen-bond donors (Lipinski definition) is 1. The Morgan fingerprint density at radius 3 is 2.50 bits per heavy atom. The summed E-state index contributed by atoms with van der Waals surface area (Å²) in [7, 11) is 1.74. The van der Waals surface area contributed by atoms with Crippen molar-refractivity contribution in [1.29, 1.82) is 0 Å². The number of hydrogen-bond acceptors (Lipinski definition) is 3. The largest absolute Gasteiger partial charge is 0.385 e. The maximum atomic E-state index is 10.5. The molecule has 1 atom stereocenters. The number of methoxy groups -OCH3 is 1. The van der Waals surface area contributed by atoms with E-state index in [-0.39, 0.29) is 5.60 Å². The van der Waals surface area contributed by atoms with Crippen molar-refractivity contribution in [1.82, 2.24) is 0 Å². The summed E-state index contributed by atoms with van der Waals surface area (Å²) < 4.78 is 5.70. The van der Waals surface area contributed by atoms with Gasteiger partial charge in [0.15, 0.2) is 0 Å². The van der Waals surface area contributed by atoms with Gasteiger partial charge in [-0.3, -0.25) is 0 Å². The number of ether oxygens (including phenoxy) is 1. The molecule has 90 valence electrons. The summed E-state index contributed by atoms with van der Waals surface area (Å²) in [4.78, 5) is 1.03. The lowest BCUT2D eigenvalue weighted by Gasteiger charge is -2.35. The molecule has 1 fully saturated rings. The molecule has 0 saturated heterocycles. The molecule has 2 nitrogen and oxygen atoms in total. The second-order valence-electron chi connectivity index (χ2n) is 4.60. The minimum atomic E-state index is -0.462. The molecule has 2 rings (SSSR count). The summed E-state index contributed by atoms with van der Waals surface area (Å²) in [5.41, 5.74) is -0.346. The maximum Gasteiger partial charge on any atom is 0.117 e. The Bertz CT molecular complexity index is 300. The summed E-state index contributed by atoms with van der Waals surface area (Å²) >= 11 is 1.62. The zero-order chi connectivity index (χ0) is 11.4. The Hall–Kier alpha value is -0.380. The van der Waals surface area contributed by atoms with Crippen LogP contribution in [0.25, 0.3) is 0 Å². The molecular weight excluding hydrogens is 220 g/mol. The molecule has 1 heterocycles. The average molecular weight is 240 g/mol. The molecule has 1 aliphatic rings. The van der Waals surface area contributed by atoms with E-state index in [0.717, 1.165) is 30.6 Å². The van der Waals surface area contributed by atoms with Crippen LogP contribution in [0.2, 0.25) is 0 Å². The highest BCUT2D eigenvalue weighted by Crippen LogP contribution is 2.41. The Morgan fingerprint density at radius 1 is 1.31 bits per heavy atom. The first-order chi connectivity index (χ1) is 7.78. The maximum absolute atomic E-state index is 10.5. The van der Waals surface area contributed by atoms with Gasteiger partial charge in [-0.1, -0.05) is 31.7 Å². The van der Waals surface area contributed by atoms with Crippen molar-refractivity contribution in [2.45, 2.75) is 50.2 Å². The van der Waals surface area contributed by atoms with Gasteiger partial charge in [-0.05, 0) is 24.3 Å². The smallest absolute Gasteiger partial charge is 0.117 e. The molecule has 1 unspecified atom stereocenters. The number of aliphatic hydroxyl groups excluding tert-OH is 1. The number of thiophene rings is 1. The summed E-state index contributed by atoms with van der Waals surface area (Å²) in [5, 5.41) is 12.5. The minimum Gasteiger partial charge on any atom is -0.385 e. The molecule has 1 aromatic rings. The van der Waals surface area contributed by atoms with E-state index >= 15 is 0 Å². The van der Waals surface area contributed by atoms with Crippen LogP contribution >= 0.6 is 11.3 Å². The van der Waals surface area contributed by atoms with Crippen LogP contribution in [0, 0.1) is 0 Å². The Morgan fingerprint density at radius 2 is 2.00 bits per heavy atom. The van der Waals surface area contributed by atoms with E-state index in [0.29, 0.717) is 0 Å². The molecular formula is C13H20O2S. The minimum absolute atomic E-state index is 0.346. The molecule has 0 aromatic carbocycles. The van der Waals surface area contributed by atoms with Crippen LogP contribution < -0.4 is 0 Å². The topological polar surface area (TPSA) is 29.5 Å². The molecule has 0 amide bonds. The van der Waals surface area contributed by atoms with Gasteiger partial charge in [-0.15, -0.1) is 11.3 Å². The Balaban J connectivity index is 2.18. The van der Waals surface area contributed by atoms with E-state index in [2.05, 4.69) is 0 Å². The lowest BCUT2D eigenvalue weighted by molar-refractivity contribution is -0.112. The molecule has 1 aromatic heterocycles. The molecule has 0 spiro atoms. The molecule has 1 N–H and O–H groups in total. The van der Waals surface area contributed by atoms with E-state index < -0.39 is 6.10 Å². The van der Waals surface area contributed by atoms with Crippen molar-refractivity contribution in [3.8, 4) is 0 Å². The third-order valence-electron chi connectivity index (χ3n) is 3.67. The van der Waals surface area contributed by atoms with Crippen LogP contribution in [0.5, 0.6) is 0 Å². The van der Waals surface area contributed by atoms with E-state index in [9.17, 15) is 5.11 Å². The van der Waals surface area contributed by atoms with Crippen LogP contribution in [-0.4, -0.2) is 17.8 Å². The lowest BCUT2D eigenvalue weighted by Crippen LogP contribution is -2.37. The quantitative estimate of drug-likeness (QED) is 0.819. The molecule has 3 heteroatoms. The van der Waals surface area contributed by atoms with Gasteiger partial charge in [-0.25, -0.2) is 0 Å². The first-order valence-corrected chi connectivity index (χ1v) is 6.93. The molecule has 16 heavy (non-hydrogen) atoms. The second-order valence-corrected chi connectivity index (χ2v) is 5.58. The molecule has 0 bridgehead atoms. The fourth-order valence-electron chi connectivity index (χ4n) is 2.62. The fourth-order valence-corrected chi connectivity index (χ4v) is 3.44. The van der Waals surface area contributed by atoms with Crippen molar-refractivity contribution in [3.63, 3.8) is 0 Å². The van der Waals surface area contributed by atoms with Crippen LogP contribution in [0.3, 0.4) is 0 Å². The number of rotatable bonds is 3. The van der Waals surface area contributed by atoms with Crippen molar-refractivity contribution < 1.29 is 9.84 Å². The van der Waals surface area contributed by atoms with E-state index in [1.54, 1.807) is 18.4 Å². The van der Waals surface area contributed by atoms with Gasteiger partial charge in [0.05, 0.1) is 5.60 Å². The Kier molecular flexibility index (Phi) is 4.00. The van der Waals surface area contributed by atoms with Crippen molar-refractivity contribution in [3.05, 3.63) is 22.4 Å². The molecule has 1 aliphatic carbocycles. The highest BCUT2D eigenvalue weighted by molar-refractivity contribution is 7.10. The van der Waals surface area contributed by atoms with Crippen LogP contribution in [0.15, 0.2) is 17.5 Å². The van der Waals surface area contributed by atoms with E-state index in [1.807, 2.05) is 17.5 Å². The third-order valence-corrected chi connectivity index (χ3v) is 4.59. The second kappa shape index (κ2) is 5.30. The van der Waals surface area contributed by atoms with Crippen LogP contribution in [0.1, 0.15) is 49.5 Å². The Labute approximate surface area is 101 Å². The van der Waals surface area contributed by atoms with Gasteiger partial charge < -0.3 is 9.84 Å². The molecule has 0 aliphatic heterocycles. The van der Waals surface area contributed by atoms with E-state index in [4.69, 9.17) is 4.74 Å². The van der Waals surface area contributed by atoms with Gasteiger partial charge in [0.1, 0.15) is 6.10 Å². The monoisotopic (exact) mass is 240 g/mol. The van der Waals surface area contributed by atoms with Gasteiger partial charge in [-0.2, -0.15) is 0 Å². The third kappa shape index (κ3) is 2.31. The van der Waals surface area contributed by atoms with Crippen LogP contribution in [-0.2, 0) is 4.74 Å². The standard InChI is InChI=1S/C13H20O2S/c1-15-13(8-4-2-3-5-9-13)12(14)11-7-6-10-16-11/h6-7,10,12,14H,2-5,8-9H2,1H3. The highest BCUT2D eigenvalue weighted by atomic mass is 32.1. The summed E-state index contributed by atoms with van der Waals surface area (Å²) in [6, 6.07) is 3.99. The first kappa shape index (κ1) is 12.1. The predicted octanol–water partition coefficient (Wildman–Crippen LogP) is 3.52. The van der Waals surface area contributed by atoms with Crippen molar-refractivity contribution in [2.24, 2.45) is 0 Å². The summed E-state index contributed by atoms with van der Waals surface area (Å²) in [5.74, 6) is 0. The molecule has 0 radical (unpaired) electrons. The fraction of sp³-hybridized carbons (Fsp3) is 0.692. The SMILES string of the molecule is COC1(C(O)c2cccs2)CCCCCC1. The highest BCUT2D eigenvalue weighted by Gasteiger charge is 2.39. The van der Waals surface area contributed by atoms with Crippen LogP contribution in [0.4, 0.5) is 0 Å². The van der Waals surface area contributed by atoms with Gasteiger partial charge in [0.25, 0.3) is 0 Å².